The van der Waals surface area contributed by atoms with E-state index in [-0.39, 0.29) is 12.7 Å². The number of aromatic nitrogens is 1. The number of aliphatic hydroxyl groups is 1. The van der Waals surface area contributed by atoms with Crippen LogP contribution in [-0.4, -0.2) is 67.1 Å². The van der Waals surface area contributed by atoms with Crippen molar-refractivity contribution in [3.05, 3.63) is 87.3 Å². The van der Waals surface area contributed by atoms with Gasteiger partial charge < -0.3 is 29.6 Å². The minimum atomic E-state index is -0.443. The van der Waals surface area contributed by atoms with Crippen LogP contribution in [0.25, 0.3) is 10.9 Å². The Kier molecular flexibility index (Phi) is 9.90. The molecule has 0 radical (unpaired) electrons. The number of aromatic amines is 1. The highest BCUT2D eigenvalue weighted by Gasteiger charge is 2.38. The number of H-pyrrole nitrogens is 1. The van der Waals surface area contributed by atoms with Gasteiger partial charge in [-0.25, -0.2) is 4.79 Å². The second-order valence-corrected chi connectivity index (χ2v) is 11.0. The Bertz CT molecular complexity index is 1420. The number of carbonyl (C=O) groups is 1. The lowest BCUT2D eigenvalue weighted by molar-refractivity contribution is 0.0373. The molecule has 2 unspecified atom stereocenters. The molecule has 8 nitrogen and oxygen atoms in total. The number of nitrogens with zero attached hydrogens (tertiary/aromatic N) is 1. The molecule has 0 saturated heterocycles. The predicted molar refractivity (Wildman–Crippen MR) is 161 cm³/mol. The van der Waals surface area contributed by atoms with Crippen LogP contribution in [0.15, 0.2) is 65.9 Å². The van der Waals surface area contributed by atoms with Crippen molar-refractivity contribution in [3.8, 4) is 5.75 Å². The number of aliphatic hydroxyl groups excluding tert-OH is 1. The molecule has 5 rings (SSSR count). The Morgan fingerprint density at radius 2 is 1.93 bits per heavy atom. The molecule has 3 aromatic rings. The smallest absolute Gasteiger partial charge is 0.416 e. The SMILES string of the molecule is COC1=CC(C2c3[nH]c4ccc(Cl)cc4c3CCN2C(=O)Oc2ccc(Cl)cc2)=CCC1OCCCCNCCO. The molecule has 1 aromatic heterocycles. The fourth-order valence-corrected chi connectivity index (χ4v) is 5.75. The first kappa shape index (κ1) is 29.5. The van der Waals surface area contributed by atoms with Crippen LogP contribution >= 0.6 is 23.2 Å². The van der Waals surface area contributed by atoms with Crippen LogP contribution in [0, 0.1) is 0 Å². The molecule has 3 N–H and O–H groups in total. The van der Waals surface area contributed by atoms with Gasteiger partial charge in [0.1, 0.15) is 23.7 Å². The summed E-state index contributed by atoms with van der Waals surface area (Å²) in [5, 5.41) is 14.4. The lowest BCUT2D eigenvalue weighted by Crippen LogP contribution is -2.42. The molecule has 2 atom stereocenters. The Hall–Kier alpha value is -3.01. The fraction of sp³-hybridized carbons (Fsp3) is 0.387. The maximum atomic E-state index is 13.6. The summed E-state index contributed by atoms with van der Waals surface area (Å²) in [5.41, 5.74) is 3.99. The lowest BCUT2D eigenvalue weighted by atomic mass is 9.89. The van der Waals surface area contributed by atoms with Gasteiger partial charge in [0.05, 0.1) is 13.7 Å². The number of methoxy groups -OCH3 is 1. The molecule has 2 aliphatic rings. The molecular weight excluding hydrogens is 565 g/mol. The molecule has 2 aromatic carbocycles. The van der Waals surface area contributed by atoms with Gasteiger partial charge in [-0.3, -0.25) is 4.90 Å². The largest absolute Gasteiger partial charge is 0.498 e. The van der Waals surface area contributed by atoms with E-state index in [4.69, 9.17) is 42.5 Å². The van der Waals surface area contributed by atoms with E-state index < -0.39 is 12.1 Å². The van der Waals surface area contributed by atoms with Crippen LogP contribution in [0.4, 0.5) is 4.79 Å². The molecular formula is C31H35Cl2N3O5. The summed E-state index contributed by atoms with van der Waals surface area (Å²) >= 11 is 12.4. The lowest BCUT2D eigenvalue weighted by Gasteiger charge is -2.37. The molecule has 41 heavy (non-hydrogen) atoms. The first-order valence-electron chi connectivity index (χ1n) is 13.9. The minimum absolute atomic E-state index is 0.139. The summed E-state index contributed by atoms with van der Waals surface area (Å²) in [7, 11) is 1.65. The van der Waals surface area contributed by atoms with Crippen molar-refractivity contribution in [2.24, 2.45) is 0 Å². The van der Waals surface area contributed by atoms with E-state index in [0.29, 0.717) is 48.3 Å². The first-order chi connectivity index (χ1) is 20.0. The standard InChI is InChI=1S/C31H35Cl2N3O5/c1-39-28-18-20(4-11-27(28)40-17-3-2-13-34-14-16-37)30-29-24(25-19-22(33)7-10-26(25)35-29)12-15-36(30)31(38)41-23-8-5-21(32)6-9-23/h4-10,18-19,27,30,34-35,37H,2-3,11-17H2,1H3. The van der Waals surface area contributed by atoms with Crippen molar-refractivity contribution < 1.29 is 24.1 Å². The van der Waals surface area contributed by atoms with Crippen LogP contribution in [0.5, 0.6) is 5.75 Å². The molecule has 0 spiro atoms. The van der Waals surface area contributed by atoms with Crippen molar-refractivity contribution in [1.29, 1.82) is 0 Å². The Morgan fingerprint density at radius 1 is 1.12 bits per heavy atom. The Labute approximate surface area is 249 Å². The van der Waals surface area contributed by atoms with Crippen molar-refractivity contribution in [1.82, 2.24) is 15.2 Å². The average Bonchev–Trinajstić information content (AvgIpc) is 3.35. The van der Waals surface area contributed by atoms with Crippen molar-refractivity contribution >= 4 is 40.2 Å². The maximum Gasteiger partial charge on any atom is 0.416 e. The van der Waals surface area contributed by atoms with Gasteiger partial charge in [0.15, 0.2) is 0 Å². The van der Waals surface area contributed by atoms with E-state index in [1.54, 1.807) is 36.3 Å². The highest BCUT2D eigenvalue weighted by atomic mass is 35.5. The van der Waals surface area contributed by atoms with Gasteiger partial charge in [-0.1, -0.05) is 29.3 Å². The van der Waals surface area contributed by atoms with E-state index in [1.165, 1.54) is 0 Å². The molecule has 0 saturated carbocycles. The highest BCUT2D eigenvalue weighted by molar-refractivity contribution is 6.31. The van der Waals surface area contributed by atoms with Crippen LogP contribution < -0.4 is 10.1 Å². The third-order valence-corrected chi connectivity index (χ3v) is 7.93. The number of nitrogens with one attached hydrogen (secondary N) is 2. The summed E-state index contributed by atoms with van der Waals surface area (Å²) in [5.74, 6) is 1.15. The Morgan fingerprint density at radius 3 is 2.71 bits per heavy atom. The van der Waals surface area contributed by atoms with Gasteiger partial charge in [-0.05, 0) is 91.9 Å². The van der Waals surface area contributed by atoms with Gasteiger partial charge in [-0.15, -0.1) is 0 Å². The van der Waals surface area contributed by atoms with Crippen LogP contribution in [0.1, 0.15) is 36.6 Å². The number of halogens is 2. The first-order valence-corrected chi connectivity index (χ1v) is 14.7. The minimum Gasteiger partial charge on any atom is -0.498 e. The van der Waals surface area contributed by atoms with Crippen molar-refractivity contribution in [3.63, 3.8) is 0 Å². The van der Waals surface area contributed by atoms with Gasteiger partial charge >= 0.3 is 6.09 Å². The van der Waals surface area contributed by atoms with Gasteiger partial charge in [-0.2, -0.15) is 0 Å². The number of amides is 1. The average molecular weight is 601 g/mol. The molecule has 1 aliphatic heterocycles. The molecule has 2 heterocycles. The summed E-state index contributed by atoms with van der Waals surface area (Å²) in [6.45, 7) is 2.66. The number of hydrogen-bond donors (Lipinski definition) is 3. The van der Waals surface area contributed by atoms with E-state index in [1.807, 2.05) is 24.3 Å². The normalized spacial score (nSPS) is 18.6. The zero-order chi connectivity index (χ0) is 28.8. The second-order valence-electron chi connectivity index (χ2n) is 10.1. The summed E-state index contributed by atoms with van der Waals surface area (Å²) in [6.07, 6.45) is 6.60. The van der Waals surface area contributed by atoms with E-state index >= 15 is 0 Å². The van der Waals surface area contributed by atoms with E-state index in [0.717, 1.165) is 52.9 Å². The molecule has 0 bridgehead atoms. The maximum absolute atomic E-state index is 13.6. The predicted octanol–water partition coefficient (Wildman–Crippen LogP) is 6.18. The van der Waals surface area contributed by atoms with Crippen molar-refractivity contribution in [2.75, 3.05) is 40.0 Å². The number of hydrogen-bond acceptors (Lipinski definition) is 6. The summed E-state index contributed by atoms with van der Waals surface area (Å²) in [4.78, 5) is 18.9. The topological polar surface area (TPSA) is 96.1 Å². The number of rotatable bonds is 11. The zero-order valence-corrected chi connectivity index (χ0v) is 24.5. The third kappa shape index (κ3) is 6.90. The number of ether oxygens (including phenoxy) is 3. The van der Waals surface area contributed by atoms with Gasteiger partial charge in [0, 0.05) is 46.3 Å². The summed E-state index contributed by atoms with van der Waals surface area (Å²) < 4.78 is 17.7. The van der Waals surface area contributed by atoms with Crippen LogP contribution in [0.3, 0.4) is 0 Å². The number of unbranched alkanes of at least 4 members (excludes halogenated alkanes) is 1. The van der Waals surface area contributed by atoms with Crippen molar-refractivity contribution in [2.45, 2.75) is 37.8 Å². The number of fused-ring (bicyclic) bond motifs is 3. The second kappa shape index (κ2) is 13.8. The monoisotopic (exact) mass is 599 g/mol. The molecule has 1 aliphatic carbocycles. The van der Waals surface area contributed by atoms with Crippen LogP contribution in [0.2, 0.25) is 10.0 Å². The fourth-order valence-electron chi connectivity index (χ4n) is 5.45. The highest BCUT2D eigenvalue weighted by Crippen LogP contribution is 2.42. The van der Waals surface area contributed by atoms with Gasteiger partial charge in [0.2, 0.25) is 0 Å². The third-order valence-electron chi connectivity index (χ3n) is 7.44. The van der Waals surface area contributed by atoms with E-state index in [9.17, 15) is 4.79 Å². The van der Waals surface area contributed by atoms with E-state index in [2.05, 4.69) is 16.4 Å². The van der Waals surface area contributed by atoms with Gasteiger partial charge in [0.25, 0.3) is 0 Å². The number of benzene rings is 2. The quantitative estimate of drug-likeness (QED) is 0.228. The zero-order valence-electron chi connectivity index (χ0n) is 23.0. The molecule has 1 amide bonds. The molecule has 10 heteroatoms. The summed E-state index contributed by atoms with van der Waals surface area (Å²) in [6, 6.07) is 12.2. The molecule has 0 fully saturated rings. The van der Waals surface area contributed by atoms with Crippen LogP contribution in [-0.2, 0) is 15.9 Å². The number of carbonyl (C=O) groups excluding carboxylic acids is 1. The Balaban J connectivity index is 1.39. The molecule has 218 valence electrons.